The number of pyridine rings is 1. The zero-order valence-corrected chi connectivity index (χ0v) is 15.5. The fourth-order valence-corrected chi connectivity index (χ4v) is 4.02. The van der Waals surface area contributed by atoms with Crippen molar-refractivity contribution in [3.63, 3.8) is 0 Å². The monoisotopic (exact) mass is 375 g/mol. The van der Waals surface area contributed by atoms with Crippen molar-refractivity contribution >= 4 is 29.3 Å². The number of hydrogen-bond acceptors (Lipinski definition) is 4. The lowest BCUT2D eigenvalue weighted by molar-refractivity contribution is 0.0948. The Bertz CT molecular complexity index is 1020. The van der Waals surface area contributed by atoms with Crippen LogP contribution in [0, 0.1) is 0 Å². The molecule has 2 amide bonds. The van der Waals surface area contributed by atoms with E-state index in [0.29, 0.717) is 17.7 Å². The summed E-state index contributed by atoms with van der Waals surface area (Å²) in [5, 5.41) is 2.89. The first-order valence-electron chi connectivity index (χ1n) is 8.49. The van der Waals surface area contributed by atoms with Gasteiger partial charge >= 0.3 is 0 Å². The summed E-state index contributed by atoms with van der Waals surface area (Å²) in [6.45, 7) is 0.402. The number of rotatable bonds is 3. The number of hydrogen-bond donors (Lipinski definition) is 1. The second kappa shape index (κ2) is 7.25. The molecule has 0 bridgehead atoms. The van der Waals surface area contributed by atoms with Gasteiger partial charge in [0.2, 0.25) is 0 Å². The van der Waals surface area contributed by atoms with Crippen molar-refractivity contribution in [1.29, 1.82) is 0 Å². The second-order valence-electron chi connectivity index (χ2n) is 6.19. The zero-order valence-electron chi connectivity index (χ0n) is 14.7. The number of anilines is 1. The van der Waals surface area contributed by atoms with E-state index < -0.39 is 0 Å². The lowest BCUT2D eigenvalue weighted by Gasteiger charge is -2.18. The summed E-state index contributed by atoms with van der Waals surface area (Å²) in [6, 6.07) is 16.7. The first-order valence-corrected chi connectivity index (χ1v) is 9.31. The first kappa shape index (κ1) is 17.3. The van der Waals surface area contributed by atoms with E-state index in [-0.39, 0.29) is 11.8 Å². The van der Waals surface area contributed by atoms with Gasteiger partial charge in [-0.3, -0.25) is 14.6 Å². The van der Waals surface area contributed by atoms with Crippen molar-refractivity contribution in [2.45, 2.75) is 16.3 Å². The predicted octanol–water partition coefficient (Wildman–Crippen LogP) is 3.75. The summed E-state index contributed by atoms with van der Waals surface area (Å²) < 4.78 is 0. The maximum Gasteiger partial charge on any atom is 0.259 e. The minimum absolute atomic E-state index is 0.0789. The van der Waals surface area contributed by atoms with Crippen LogP contribution in [0.2, 0.25) is 0 Å². The molecule has 0 unspecified atom stereocenters. The third kappa shape index (κ3) is 3.44. The van der Waals surface area contributed by atoms with E-state index in [9.17, 15) is 9.59 Å². The standard InChI is InChI=1S/C21H17N3O2S/c1-24-17-11-15(20(25)23-13-14-5-4-10-22-12-14)8-9-19(17)27-18-7-3-2-6-16(18)21(24)26/h2-12H,13H2,1H3,(H,23,25). The van der Waals surface area contributed by atoms with Crippen LogP contribution in [-0.4, -0.2) is 23.8 Å². The summed E-state index contributed by atoms with van der Waals surface area (Å²) in [7, 11) is 1.74. The molecule has 0 saturated heterocycles. The molecule has 0 spiro atoms. The molecule has 1 aromatic heterocycles. The van der Waals surface area contributed by atoms with Crippen LogP contribution in [0.25, 0.3) is 0 Å². The van der Waals surface area contributed by atoms with Crippen molar-refractivity contribution in [3.8, 4) is 0 Å². The normalized spacial score (nSPS) is 12.8. The van der Waals surface area contributed by atoms with Gasteiger partial charge in [0.05, 0.1) is 11.3 Å². The third-order valence-electron chi connectivity index (χ3n) is 4.40. The van der Waals surface area contributed by atoms with E-state index in [4.69, 9.17) is 0 Å². The average Bonchev–Trinajstić information content (AvgIpc) is 2.82. The van der Waals surface area contributed by atoms with Gasteiger partial charge in [-0.25, -0.2) is 0 Å². The molecule has 0 radical (unpaired) electrons. The number of amides is 2. The molecule has 0 fully saturated rings. The van der Waals surface area contributed by atoms with Gasteiger partial charge < -0.3 is 10.2 Å². The summed E-state index contributed by atoms with van der Waals surface area (Å²) >= 11 is 1.54. The van der Waals surface area contributed by atoms with Gasteiger partial charge in [0.1, 0.15) is 0 Å². The van der Waals surface area contributed by atoms with E-state index in [1.54, 1.807) is 36.5 Å². The molecule has 27 heavy (non-hydrogen) atoms. The Balaban J connectivity index is 1.60. The zero-order chi connectivity index (χ0) is 18.8. The molecule has 3 aromatic rings. The van der Waals surface area contributed by atoms with Crippen LogP contribution >= 0.6 is 11.8 Å². The lowest BCUT2D eigenvalue weighted by Crippen LogP contribution is -2.27. The number of nitrogens with zero attached hydrogens (tertiary/aromatic N) is 2. The van der Waals surface area contributed by atoms with Crippen LogP contribution in [0.15, 0.2) is 76.8 Å². The van der Waals surface area contributed by atoms with Gasteiger partial charge in [-0.05, 0) is 42.0 Å². The number of fused-ring (bicyclic) bond motifs is 2. The highest BCUT2D eigenvalue weighted by molar-refractivity contribution is 7.99. The Labute approximate surface area is 161 Å². The summed E-state index contributed by atoms with van der Waals surface area (Å²) in [6.07, 6.45) is 3.41. The molecule has 2 heterocycles. The molecule has 1 aliphatic heterocycles. The molecule has 0 aliphatic carbocycles. The third-order valence-corrected chi connectivity index (χ3v) is 5.54. The maximum atomic E-state index is 12.8. The van der Waals surface area contributed by atoms with Gasteiger partial charge in [0.15, 0.2) is 0 Å². The highest BCUT2D eigenvalue weighted by Gasteiger charge is 2.25. The second-order valence-corrected chi connectivity index (χ2v) is 7.27. The fraction of sp³-hybridized carbons (Fsp3) is 0.0952. The molecule has 134 valence electrons. The molecule has 0 atom stereocenters. The highest BCUT2D eigenvalue weighted by atomic mass is 32.2. The minimum Gasteiger partial charge on any atom is -0.348 e. The van der Waals surface area contributed by atoms with Crippen LogP contribution in [0.3, 0.4) is 0 Å². The molecule has 1 aliphatic rings. The Kier molecular flexibility index (Phi) is 4.64. The van der Waals surface area contributed by atoms with Crippen molar-refractivity contribution in [2.24, 2.45) is 0 Å². The highest BCUT2D eigenvalue weighted by Crippen LogP contribution is 2.41. The van der Waals surface area contributed by atoms with E-state index in [1.807, 2.05) is 42.5 Å². The lowest BCUT2D eigenvalue weighted by atomic mass is 10.1. The van der Waals surface area contributed by atoms with Gasteiger partial charge in [0, 0.05) is 41.3 Å². The van der Waals surface area contributed by atoms with Crippen molar-refractivity contribution in [1.82, 2.24) is 10.3 Å². The van der Waals surface area contributed by atoms with Crippen molar-refractivity contribution in [2.75, 3.05) is 11.9 Å². The van der Waals surface area contributed by atoms with Crippen LogP contribution < -0.4 is 10.2 Å². The quantitative estimate of drug-likeness (QED) is 0.757. The van der Waals surface area contributed by atoms with Gasteiger partial charge in [0.25, 0.3) is 11.8 Å². The summed E-state index contributed by atoms with van der Waals surface area (Å²) in [4.78, 5) is 32.9. The van der Waals surface area contributed by atoms with Crippen molar-refractivity contribution in [3.05, 3.63) is 83.7 Å². The smallest absolute Gasteiger partial charge is 0.259 e. The van der Waals surface area contributed by atoms with Gasteiger partial charge in [-0.15, -0.1) is 0 Å². The van der Waals surface area contributed by atoms with Crippen molar-refractivity contribution < 1.29 is 9.59 Å². The summed E-state index contributed by atoms with van der Waals surface area (Å²) in [5.41, 5.74) is 2.85. The Morgan fingerprint density at radius 2 is 1.96 bits per heavy atom. The van der Waals surface area contributed by atoms with E-state index in [2.05, 4.69) is 10.3 Å². The Hall–Kier alpha value is -3.12. The molecule has 5 nitrogen and oxygen atoms in total. The molecule has 4 rings (SSSR count). The van der Waals surface area contributed by atoms with Crippen LogP contribution in [0.4, 0.5) is 5.69 Å². The van der Waals surface area contributed by atoms with Gasteiger partial charge in [-0.2, -0.15) is 0 Å². The van der Waals surface area contributed by atoms with Crippen LogP contribution in [0.1, 0.15) is 26.3 Å². The van der Waals surface area contributed by atoms with Gasteiger partial charge in [-0.1, -0.05) is 30.0 Å². The van der Waals surface area contributed by atoms with Crippen LogP contribution in [0.5, 0.6) is 0 Å². The average molecular weight is 375 g/mol. The topological polar surface area (TPSA) is 62.3 Å². The molecule has 0 saturated carbocycles. The molecular weight excluding hydrogens is 358 g/mol. The van der Waals surface area contributed by atoms with E-state index in [0.717, 1.165) is 21.0 Å². The predicted molar refractivity (Wildman–Crippen MR) is 105 cm³/mol. The summed E-state index contributed by atoms with van der Waals surface area (Å²) in [5.74, 6) is -0.265. The minimum atomic E-state index is -0.186. The molecule has 6 heteroatoms. The van der Waals surface area contributed by atoms with E-state index >= 15 is 0 Å². The number of carbonyl (C=O) groups is 2. The Morgan fingerprint density at radius 3 is 2.78 bits per heavy atom. The Morgan fingerprint density at radius 1 is 1.11 bits per heavy atom. The number of aromatic nitrogens is 1. The molecular formula is C21H17N3O2S. The van der Waals surface area contributed by atoms with E-state index in [1.165, 1.54) is 11.8 Å². The first-order chi connectivity index (χ1) is 13.1. The molecule has 2 aromatic carbocycles. The number of carbonyl (C=O) groups excluding carboxylic acids is 2. The number of benzene rings is 2. The maximum absolute atomic E-state index is 12.8. The fourth-order valence-electron chi connectivity index (χ4n) is 2.93. The molecule has 1 N–H and O–H groups in total. The largest absolute Gasteiger partial charge is 0.348 e. The number of nitrogens with one attached hydrogen (secondary N) is 1. The van der Waals surface area contributed by atoms with Crippen LogP contribution in [-0.2, 0) is 6.54 Å². The SMILES string of the molecule is CN1C(=O)c2ccccc2Sc2ccc(C(=O)NCc3cccnc3)cc21.